The number of hydrogen-bond acceptors (Lipinski definition) is 1. The minimum absolute atomic E-state index is 0. The van der Waals surface area contributed by atoms with E-state index in [1.54, 1.807) is 0 Å². The van der Waals surface area contributed by atoms with Crippen LogP contribution in [0, 0.1) is 0 Å². The fourth-order valence-corrected chi connectivity index (χ4v) is 0. The Morgan fingerprint density at radius 3 is 1.25 bits per heavy atom. The van der Waals surface area contributed by atoms with Crippen molar-refractivity contribution in [1.29, 1.82) is 0 Å². The molecule has 0 spiro atoms. The molecule has 4 heteroatoms. The van der Waals surface area contributed by atoms with Crippen molar-refractivity contribution in [3.8, 4) is 0 Å². The van der Waals surface area contributed by atoms with Crippen LogP contribution in [-0.2, 0) is 3.10 Å². The van der Waals surface area contributed by atoms with Crippen molar-refractivity contribution in [2.45, 2.75) is 0 Å². The van der Waals surface area contributed by atoms with Crippen LogP contribution in [0.5, 0.6) is 0 Å². The third-order valence-electron chi connectivity index (χ3n) is 0. The summed E-state index contributed by atoms with van der Waals surface area (Å²) in [6.45, 7) is 0. The van der Waals surface area contributed by atoms with E-state index in [9.17, 15) is 0 Å². The van der Waals surface area contributed by atoms with Gasteiger partial charge in [-0.3, -0.25) is 0 Å². The Morgan fingerprint density at radius 2 is 1.25 bits per heavy atom. The molecule has 0 aromatic rings. The van der Waals surface area contributed by atoms with Crippen LogP contribution in [0.1, 0.15) is 0 Å². The molecule has 0 radical (unpaired) electrons. The maximum absolute atomic E-state index is 8.26. The summed E-state index contributed by atoms with van der Waals surface area (Å²) in [6, 6.07) is 0. The molecule has 0 aliphatic carbocycles. The summed E-state index contributed by atoms with van der Waals surface area (Å²) in [5.74, 6) is 0. The van der Waals surface area contributed by atoms with E-state index in [1.165, 1.54) is 0 Å². The van der Waals surface area contributed by atoms with Gasteiger partial charge in [0, 0.05) is 0 Å². The Bertz CT molecular complexity index is 8.00. The van der Waals surface area contributed by atoms with Crippen LogP contribution in [0.25, 0.3) is 0 Å². The molecule has 0 saturated carbocycles. The van der Waals surface area contributed by atoms with E-state index in [2.05, 4.69) is 0 Å². The molecule has 0 N–H and O–H groups in total. The van der Waals surface area contributed by atoms with Crippen molar-refractivity contribution >= 4 is 64.3 Å². The van der Waals surface area contributed by atoms with E-state index in [-0.39, 0.29) is 42.0 Å². The van der Waals surface area contributed by atoms with E-state index in [0.29, 0.717) is 22.3 Å². The molecule has 0 atom stereocenters. The number of hydrogen-bond donors (Lipinski definition) is 0. The first-order valence-electron chi connectivity index (χ1n) is 0.167. The summed E-state index contributed by atoms with van der Waals surface area (Å²) in [4.78, 5) is 0. The molecule has 28 valence electrons. The average molecular weight is 345 g/mol. The van der Waals surface area contributed by atoms with Gasteiger partial charge in [0.25, 0.3) is 0 Å². The van der Waals surface area contributed by atoms with Crippen molar-refractivity contribution in [3.63, 3.8) is 0 Å². The molecule has 0 fully saturated rings. The van der Waals surface area contributed by atoms with Gasteiger partial charge in [-0.2, -0.15) is 0 Å². The van der Waals surface area contributed by atoms with Gasteiger partial charge in [0.1, 0.15) is 0 Å². The first-order valence-corrected chi connectivity index (χ1v) is 1.12. The fraction of sp³-hybridized carbons (Fsp3) is 0. The molecule has 0 rings (SSSR count). The monoisotopic (exact) mass is 348 g/mol. The summed E-state index contributed by atoms with van der Waals surface area (Å²) in [5.41, 5.74) is 0. The SMILES string of the molecule is O=[Te].[GeH4].[SbH3]. The summed E-state index contributed by atoms with van der Waals surface area (Å²) in [7, 11) is 0. The minimum atomic E-state index is 0. The molecule has 1 nitrogen and oxygen atoms in total. The summed E-state index contributed by atoms with van der Waals surface area (Å²) in [6.07, 6.45) is 0. The van der Waals surface area contributed by atoms with Crippen molar-refractivity contribution < 1.29 is 3.10 Å². The third kappa shape index (κ3) is 9.04. The van der Waals surface area contributed by atoms with Gasteiger partial charge in [0.15, 0.2) is 0 Å². The molecule has 4 heavy (non-hydrogen) atoms. The van der Waals surface area contributed by atoms with Crippen LogP contribution in [0.2, 0.25) is 0 Å². The van der Waals surface area contributed by atoms with E-state index >= 15 is 0 Å². The molecule has 0 saturated heterocycles. The van der Waals surface area contributed by atoms with E-state index in [4.69, 9.17) is 3.10 Å². The van der Waals surface area contributed by atoms with E-state index in [1.807, 2.05) is 0 Å². The zero-order valence-electron chi connectivity index (χ0n) is 1.52. The average Bonchev–Trinajstić information content (AvgIpc) is 1.00. The third-order valence-corrected chi connectivity index (χ3v) is 0. The second-order valence-electron chi connectivity index (χ2n) is 0. The molecule has 0 aliphatic heterocycles. The number of rotatable bonds is 0. The van der Waals surface area contributed by atoms with Gasteiger partial charge in [-0.05, 0) is 0 Å². The summed E-state index contributed by atoms with van der Waals surface area (Å²) in [5, 5.41) is 0. The van der Waals surface area contributed by atoms with Crippen molar-refractivity contribution in [1.82, 2.24) is 0 Å². The van der Waals surface area contributed by atoms with Crippen molar-refractivity contribution in [2.24, 2.45) is 0 Å². The standard InChI is InChI=1S/GeH4.OTe.Sb.3H/c;1-2;;;;/h1H4;;;;;. The Morgan fingerprint density at radius 1 is 1.25 bits per heavy atom. The normalized spacial score (nSPS) is 1.00. The molecule has 0 aromatic heterocycles. The first kappa shape index (κ1) is 16.8. The zero-order chi connectivity index (χ0) is 2.00. The molecule has 0 amide bonds. The Balaban J connectivity index is -0.00000000500. The van der Waals surface area contributed by atoms with Gasteiger partial charge >= 0.3 is 67.4 Å². The fourth-order valence-electron chi connectivity index (χ4n) is 0. The van der Waals surface area contributed by atoms with Gasteiger partial charge in [0.05, 0.1) is 0 Å². The zero-order valence-corrected chi connectivity index (χ0v) is 7.89. The predicted octanol–water partition coefficient (Wildman–Crippen LogP) is -3.14. The molecular formula is H7GeOSbTe. The Labute approximate surface area is 66.6 Å². The Kier molecular flexibility index (Phi) is 85.0. The molecular weight excluding hydrogens is 338 g/mol. The molecule has 0 heterocycles. The van der Waals surface area contributed by atoms with Crippen molar-refractivity contribution in [2.75, 3.05) is 0 Å². The van der Waals surface area contributed by atoms with Gasteiger partial charge in [-0.15, -0.1) is 0 Å². The molecule has 0 aliphatic rings. The predicted molar refractivity (Wildman–Crippen MR) is 27.7 cm³/mol. The van der Waals surface area contributed by atoms with Gasteiger partial charge in [0.2, 0.25) is 0 Å². The molecule has 0 bridgehead atoms. The van der Waals surface area contributed by atoms with Crippen LogP contribution in [0.4, 0.5) is 0 Å². The van der Waals surface area contributed by atoms with E-state index < -0.39 is 0 Å². The van der Waals surface area contributed by atoms with Crippen LogP contribution in [0.3, 0.4) is 0 Å². The second kappa shape index (κ2) is 20.3. The topological polar surface area (TPSA) is 17.1 Å². The Hall–Kier alpha value is 1.95. The molecule has 0 unspecified atom stereocenters. The summed E-state index contributed by atoms with van der Waals surface area (Å²) < 4.78 is 8.26. The first-order chi connectivity index (χ1) is 1.00. The molecule has 0 aromatic carbocycles. The van der Waals surface area contributed by atoms with Crippen LogP contribution in [0.15, 0.2) is 0 Å². The second-order valence-corrected chi connectivity index (χ2v) is 0. The van der Waals surface area contributed by atoms with Crippen LogP contribution < -0.4 is 0 Å². The van der Waals surface area contributed by atoms with E-state index in [0.717, 1.165) is 0 Å². The van der Waals surface area contributed by atoms with Gasteiger partial charge < -0.3 is 0 Å². The van der Waals surface area contributed by atoms with Crippen molar-refractivity contribution in [3.05, 3.63) is 0 Å². The summed E-state index contributed by atoms with van der Waals surface area (Å²) >= 11 is 0.700. The quantitative estimate of drug-likeness (QED) is 0.425. The maximum atomic E-state index is 8.26. The van der Waals surface area contributed by atoms with Crippen LogP contribution in [-0.4, -0.2) is 64.3 Å². The van der Waals surface area contributed by atoms with Gasteiger partial charge in [-0.1, -0.05) is 0 Å². The van der Waals surface area contributed by atoms with Gasteiger partial charge in [-0.25, -0.2) is 0 Å². The van der Waals surface area contributed by atoms with Crippen LogP contribution >= 0.6 is 0 Å².